The number of aliphatic hydroxyl groups is 1. The van der Waals surface area contributed by atoms with Crippen LogP contribution in [-0.4, -0.2) is 41.3 Å². The number of hydrogen-bond acceptors (Lipinski definition) is 4. The summed E-state index contributed by atoms with van der Waals surface area (Å²) in [7, 11) is 1.57. The number of anilines is 1. The van der Waals surface area contributed by atoms with Crippen molar-refractivity contribution in [1.82, 2.24) is 10.2 Å². The lowest BCUT2D eigenvalue weighted by Crippen LogP contribution is -2.52. The Kier molecular flexibility index (Phi) is 7.38. The second-order valence-electron chi connectivity index (χ2n) is 8.16. The Hall–Kier alpha value is -3.11. The van der Waals surface area contributed by atoms with E-state index in [0.29, 0.717) is 17.0 Å². The fourth-order valence-corrected chi connectivity index (χ4v) is 4.56. The van der Waals surface area contributed by atoms with Gasteiger partial charge in [0.15, 0.2) is 6.23 Å². The van der Waals surface area contributed by atoms with Gasteiger partial charge in [-0.2, -0.15) is 0 Å². The van der Waals surface area contributed by atoms with E-state index in [2.05, 4.69) is 33.2 Å². The molecule has 0 spiro atoms. The molecule has 8 heteroatoms. The van der Waals surface area contributed by atoms with E-state index in [4.69, 9.17) is 4.74 Å². The maximum absolute atomic E-state index is 13.6. The Morgan fingerprint density at radius 2 is 1.71 bits per heavy atom. The molecule has 3 amide bonds. The zero-order valence-electron chi connectivity index (χ0n) is 18.8. The summed E-state index contributed by atoms with van der Waals surface area (Å²) < 4.78 is 6.24. The van der Waals surface area contributed by atoms with Crippen LogP contribution in [0.4, 0.5) is 10.5 Å². The first-order valence-electron chi connectivity index (χ1n) is 10.9. The molecule has 0 bridgehead atoms. The van der Waals surface area contributed by atoms with Gasteiger partial charge >= 0.3 is 6.03 Å². The zero-order valence-corrected chi connectivity index (χ0v) is 21.0. The number of nitrogens with one attached hydrogen (secondary N) is 2. The third-order valence-corrected chi connectivity index (χ3v) is 6.77. The molecule has 1 heterocycles. The molecule has 1 saturated heterocycles. The second kappa shape index (κ2) is 10.4. The first-order chi connectivity index (χ1) is 16.4. The molecule has 3 N–H and O–H groups in total. The quantitative estimate of drug-likeness (QED) is 0.365. The average Bonchev–Trinajstić information content (AvgIpc) is 3.15. The topological polar surface area (TPSA) is 90.9 Å². The minimum absolute atomic E-state index is 0.373. The molecule has 3 aromatic rings. The molecule has 4 rings (SSSR count). The fraction of sp³-hybridized carbons (Fsp3) is 0.231. The minimum Gasteiger partial charge on any atom is -0.497 e. The van der Waals surface area contributed by atoms with Crippen molar-refractivity contribution in [2.24, 2.45) is 0 Å². The summed E-state index contributed by atoms with van der Waals surface area (Å²) in [5.74, 6) is -0.0749. The Balaban J connectivity index is 1.66. The molecule has 3 aromatic carbocycles. The van der Waals surface area contributed by atoms with Crippen LogP contribution in [0.25, 0.3) is 0 Å². The molecule has 34 heavy (non-hydrogen) atoms. The number of urea groups is 1. The van der Waals surface area contributed by atoms with E-state index >= 15 is 0 Å². The van der Waals surface area contributed by atoms with E-state index in [0.717, 1.165) is 9.13 Å². The van der Waals surface area contributed by atoms with Crippen LogP contribution >= 0.6 is 22.6 Å². The van der Waals surface area contributed by atoms with Crippen molar-refractivity contribution >= 4 is 40.2 Å². The molecule has 0 aliphatic carbocycles. The summed E-state index contributed by atoms with van der Waals surface area (Å²) in [5, 5.41) is 17.0. The third-order valence-electron chi connectivity index (χ3n) is 6.05. The smallest absolute Gasteiger partial charge is 0.320 e. The van der Waals surface area contributed by atoms with E-state index < -0.39 is 24.3 Å². The standard InChI is InChI=1S/C26H26IN3O4/c1-16(17-6-4-3-5-7-17)23(24(31)28-20-12-10-19(27)11-13-20)30-25(32)22(29-26(30)33)18-8-14-21(34-2)15-9-18/h3-16,22-23,25,32H,1-2H3,(H,28,31)(H,29,33)/t16-,22+,23-,25+/m0/s1. The monoisotopic (exact) mass is 571 g/mol. The summed E-state index contributed by atoms with van der Waals surface area (Å²) in [6, 6.07) is 21.9. The lowest BCUT2D eigenvalue weighted by atomic mass is 9.91. The molecular weight excluding hydrogens is 545 g/mol. The Labute approximate surface area is 212 Å². The van der Waals surface area contributed by atoms with Crippen molar-refractivity contribution in [2.75, 3.05) is 12.4 Å². The summed E-state index contributed by atoms with van der Waals surface area (Å²) >= 11 is 2.20. The van der Waals surface area contributed by atoms with Gasteiger partial charge < -0.3 is 20.5 Å². The van der Waals surface area contributed by atoms with Crippen molar-refractivity contribution < 1.29 is 19.4 Å². The molecule has 4 atom stereocenters. The molecule has 1 fully saturated rings. The third kappa shape index (κ3) is 5.02. The number of rotatable bonds is 7. The van der Waals surface area contributed by atoms with Gasteiger partial charge in [-0.05, 0) is 70.1 Å². The van der Waals surface area contributed by atoms with Crippen LogP contribution < -0.4 is 15.4 Å². The summed E-state index contributed by atoms with van der Waals surface area (Å²) in [4.78, 5) is 27.9. The van der Waals surface area contributed by atoms with Gasteiger partial charge in [0.1, 0.15) is 17.8 Å². The van der Waals surface area contributed by atoms with Gasteiger partial charge in [-0.25, -0.2) is 4.79 Å². The van der Waals surface area contributed by atoms with Crippen molar-refractivity contribution in [3.05, 3.63) is 93.6 Å². The predicted octanol–water partition coefficient (Wildman–Crippen LogP) is 4.50. The fourth-order valence-electron chi connectivity index (χ4n) is 4.20. The van der Waals surface area contributed by atoms with Crippen molar-refractivity contribution in [3.8, 4) is 5.75 Å². The van der Waals surface area contributed by atoms with Crippen LogP contribution in [0.2, 0.25) is 0 Å². The van der Waals surface area contributed by atoms with Gasteiger partial charge in [0.2, 0.25) is 5.91 Å². The molecule has 0 saturated carbocycles. The van der Waals surface area contributed by atoms with Crippen LogP contribution in [0.15, 0.2) is 78.9 Å². The summed E-state index contributed by atoms with van der Waals surface area (Å²) in [6.07, 6.45) is -1.24. The molecule has 0 aromatic heterocycles. The van der Waals surface area contributed by atoms with Gasteiger partial charge in [0.05, 0.1) is 7.11 Å². The lowest BCUT2D eigenvalue weighted by Gasteiger charge is -2.34. The Bertz CT molecular complexity index is 1140. The molecule has 0 radical (unpaired) electrons. The highest BCUT2D eigenvalue weighted by atomic mass is 127. The number of amides is 3. The molecule has 1 aliphatic rings. The zero-order chi connectivity index (χ0) is 24.2. The number of carbonyl (C=O) groups is 2. The summed E-state index contributed by atoms with van der Waals surface area (Å²) in [5.41, 5.74) is 2.22. The molecule has 1 aliphatic heterocycles. The van der Waals surface area contributed by atoms with Crippen LogP contribution in [0.3, 0.4) is 0 Å². The SMILES string of the molecule is COc1ccc([C@H]2NC(=O)N([C@H](C(=O)Nc3ccc(I)cc3)[C@@H](C)c3ccccc3)[C@@H]2O)cc1. The lowest BCUT2D eigenvalue weighted by molar-refractivity contribution is -0.124. The Morgan fingerprint density at radius 1 is 1.06 bits per heavy atom. The number of methoxy groups -OCH3 is 1. The van der Waals surface area contributed by atoms with Crippen molar-refractivity contribution in [1.29, 1.82) is 0 Å². The van der Waals surface area contributed by atoms with E-state index in [1.165, 1.54) is 4.90 Å². The number of aliphatic hydroxyl groups excluding tert-OH is 1. The number of benzene rings is 3. The first kappa shape index (κ1) is 24.0. The highest BCUT2D eigenvalue weighted by Crippen LogP contribution is 2.33. The van der Waals surface area contributed by atoms with Crippen LogP contribution in [-0.2, 0) is 4.79 Å². The van der Waals surface area contributed by atoms with Crippen LogP contribution in [0.1, 0.15) is 30.0 Å². The maximum Gasteiger partial charge on any atom is 0.320 e. The van der Waals surface area contributed by atoms with Gasteiger partial charge in [0.25, 0.3) is 0 Å². The van der Waals surface area contributed by atoms with Crippen molar-refractivity contribution in [2.45, 2.75) is 31.2 Å². The van der Waals surface area contributed by atoms with E-state index in [1.807, 2.05) is 61.5 Å². The van der Waals surface area contributed by atoms with Crippen LogP contribution in [0, 0.1) is 3.57 Å². The van der Waals surface area contributed by atoms with E-state index in [9.17, 15) is 14.7 Å². The summed E-state index contributed by atoms with van der Waals surface area (Å²) in [6.45, 7) is 1.88. The highest BCUT2D eigenvalue weighted by Gasteiger charge is 2.47. The van der Waals surface area contributed by atoms with E-state index in [1.54, 1.807) is 31.4 Å². The van der Waals surface area contributed by atoms with Crippen molar-refractivity contribution in [3.63, 3.8) is 0 Å². The van der Waals surface area contributed by atoms with Gasteiger partial charge in [-0.3, -0.25) is 9.69 Å². The number of nitrogens with zero attached hydrogens (tertiary/aromatic N) is 1. The minimum atomic E-state index is -1.24. The normalized spacial score (nSPS) is 19.3. The molecule has 0 unspecified atom stereocenters. The predicted molar refractivity (Wildman–Crippen MR) is 139 cm³/mol. The maximum atomic E-state index is 13.6. The molecule has 176 valence electrons. The Morgan fingerprint density at radius 3 is 2.32 bits per heavy atom. The van der Waals surface area contributed by atoms with Gasteiger partial charge in [-0.15, -0.1) is 0 Å². The van der Waals surface area contributed by atoms with Crippen LogP contribution in [0.5, 0.6) is 5.75 Å². The average molecular weight is 571 g/mol. The first-order valence-corrected chi connectivity index (χ1v) is 12.0. The largest absolute Gasteiger partial charge is 0.497 e. The van der Waals surface area contributed by atoms with Gasteiger partial charge in [0, 0.05) is 15.2 Å². The second-order valence-corrected chi connectivity index (χ2v) is 9.41. The van der Waals surface area contributed by atoms with E-state index in [-0.39, 0.29) is 11.8 Å². The van der Waals surface area contributed by atoms with Gasteiger partial charge in [-0.1, -0.05) is 49.4 Å². The number of hydrogen-bond donors (Lipinski definition) is 3. The number of ether oxygens (including phenoxy) is 1. The molecule has 7 nitrogen and oxygen atoms in total. The number of carbonyl (C=O) groups excluding carboxylic acids is 2. The molecular formula is C26H26IN3O4. The number of halogens is 1. The highest BCUT2D eigenvalue weighted by molar-refractivity contribution is 14.1.